The van der Waals surface area contributed by atoms with E-state index in [1.165, 1.54) is 11.5 Å². The van der Waals surface area contributed by atoms with Crippen molar-refractivity contribution in [3.63, 3.8) is 0 Å². The molecule has 0 bridgehead atoms. The van der Waals surface area contributed by atoms with E-state index in [1.54, 1.807) is 18.0 Å². The third kappa shape index (κ3) is 2.43. The fourth-order valence-electron chi connectivity index (χ4n) is 1.13. The van der Waals surface area contributed by atoms with Gasteiger partial charge in [0, 0.05) is 11.6 Å². The second-order valence-corrected chi connectivity index (χ2v) is 4.77. The monoisotopic (exact) mass is 230 g/mol. The van der Waals surface area contributed by atoms with Crippen molar-refractivity contribution in [2.45, 2.75) is 12.6 Å². The molecule has 1 unspecified atom stereocenters. The normalized spacial score (nSPS) is 21.0. The lowest BCUT2D eigenvalue weighted by atomic mass is 10.3. The highest BCUT2D eigenvalue weighted by atomic mass is 32.2. The van der Waals surface area contributed by atoms with Gasteiger partial charge in [0.2, 0.25) is 5.91 Å². The third-order valence-electron chi connectivity index (χ3n) is 1.88. The maximum absolute atomic E-state index is 11.5. The van der Waals surface area contributed by atoms with Crippen LogP contribution in [0.5, 0.6) is 0 Å². The van der Waals surface area contributed by atoms with Crippen LogP contribution in [-0.2, 0) is 11.3 Å². The predicted molar refractivity (Wildman–Crippen MR) is 56.0 cm³/mol. The van der Waals surface area contributed by atoms with E-state index >= 15 is 0 Å². The Balaban J connectivity index is 1.77. The molecular weight excluding hydrogens is 220 g/mol. The number of nitrogens with zero attached hydrogens (tertiary/aromatic N) is 2. The average molecular weight is 230 g/mol. The standard InChI is InChI=1S/C7H10N4OS2/c12-7(6-3-13-4-9-6)8-1-5-2-10-11-14-5/h2,6,9H,1,3-4H2,(H,8,12). The zero-order chi connectivity index (χ0) is 9.80. The van der Waals surface area contributed by atoms with Crippen LogP contribution in [-0.4, -0.2) is 33.2 Å². The molecular formula is C7H10N4OS2. The minimum absolute atomic E-state index is 0.0409. The summed E-state index contributed by atoms with van der Waals surface area (Å²) in [6.45, 7) is 0.527. The first kappa shape index (κ1) is 9.88. The van der Waals surface area contributed by atoms with Gasteiger partial charge in [0.05, 0.1) is 23.7 Å². The maximum atomic E-state index is 11.5. The summed E-state index contributed by atoms with van der Waals surface area (Å²) >= 11 is 3.05. The largest absolute Gasteiger partial charge is 0.350 e. The first-order valence-electron chi connectivity index (χ1n) is 4.21. The molecule has 0 radical (unpaired) electrons. The van der Waals surface area contributed by atoms with E-state index in [0.29, 0.717) is 6.54 Å². The molecule has 2 rings (SSSR count). The quantitative estimate of drug-likeness (QED) is 0.754. The summed E-state index contributed by atoms with van der Waals surface area (Å²) in [6.07, 6.45) is 1.67. The molecule has 1 atom stereocenters. The van der Waals surface area contributed by atoms with E-state index in [9.17, 15) is 4.79 Å². The Morgan fingerprint density at radius 3 is 3.36 bits per heavy atom. The lowest BCUT2D eigenvalue weighted by Gasteiger charge is -2.08. The van der Waals surface area contributed by atoms with Gasteiger partial charge in [0.25, 0.3) is 0 Å². The summed E-state index contributed by atoms with van der Waals surface area (Å²) in [6, 6.07) is -0.0409. The van der Waals surface area contributed by atoms with Gasteiger partial charge in [-0.3, -0.25) is 10.1 Å². The summed E-state index contributed by atoms with van der Waals surface area (Å²) in [5.74, 6) is 1.77. The Bertz CT molecular complexity index is 297. The van der Waals surface area contributed by atoms with Gasteiger partial charge in [-0.25, -0.2) is 0 Å². The number of rotatable bonds is 3. The van der Waals surface area contributed by atoms with Gasteiger partial charge in [-0.15, -0.1) is 16.9 Å². The van der Waals surface area contributed by atoms with Crippen LogP contribution in [0.15, 0.2) is 6.20 Å². The highest BCUT2D eigenvalue weighted by molar-refractivity contribution is 7.99. The second-order valence-electron chi connectivity index (χ2n) is 2.87. The molecule has 0 aliphatic carbocycles. The van der Waals surface area contributed by atoms with Gasteiger partial charge >= 0.3 is 0 Å². The van der Waals surface area contributed by atoms with Crippen molar-refractivity contribution in [1.82, 2.24) is 20.2 Å². The molecule has 76 valence electrons. The smallest absolute Gasteiger partial charge is 0.238 e. The van der Waals surface area contributed by atoms with Gasteiger partial charge in [-0.2, -0.15) is 0 Å². The van der Waals surface area contributed by atoms with E-state index in [0.717, 1.165) is 16.5 Å². The average Bonchev–Trinajstić information content (AvgIpc) is 2.87. The van der Waals surface area contributed by atoms with Crippen LogP contribution in [0.3, 0.4) is 0 Å². The molecule has 1 aliphatic rings. The minimum atomic E-state index is -0.0409. The Hall–Kier alpha value is -0.660. The molecule has 1 fully saturated rings. The van der Waals surface area contributed by atoms with Crippen molar-refractivity contribution in [2.24, 2.45) is 0 Å². The summed E-state index contributed by atoms with van der Waals surface area (Å²) < 4.78 is 3.72. The van der Waals surface area contributed by atoms with E-state index in [4.69, 9.17) is 0 Å². The topological polar surface area (TPSA) is 66.9 Å². The Labute approximate surface area is 89.8 Å². The summed E-state index contributed by atoms with van der Waals surface area (Å²) in [4.78, 5) is 12.5. The molecule has 14 heavy (non-hydrogen) atoms. The van der Waals surface area contributed by atoms with Crippen LogP contribution >= 0.6 is 23.3 Å². The molecule has 1 aliphatic heterocycles. The number of carbonyl (C=O) groups excluding carboxylic acids is 1. The molecule has 1 saturated heterocycles. The molecule has 2 heterocycles. The zero-order valence-electron chi connectivity index (χ0n) is 7.40. The number of carbonyl (C=O) groups is 1. The van der Waals surface area contributed by atoms with Crippen molar-refractivity contribution in [2.75, 3.05) is 11.6 Å². The lowest BCUT2D eigenvalue weighted by molar-refractivity contribution is -0.122. The fraction of sp³-hybridized carbons (Fsp3) is 0.571. The van der Waals surface area contributed by atoms with E-state index in [2.05, 4.69) is 20.2 Å². The Morgan fingerprint density at radius 2 is 2.71 bits per heavy atom. The fourth-order valence-corrected chi connectivity index (χ4v) is 2.50. The van der Waals surface area contributed by atoms with Crippen LogP contribution in [0, 0.1) is 0 Å². The second kappa shape index (κ2) is 4.72. The highest BCUT2D eigenvalue weighted by Gasteiger charge is 2.21. The number of thioether (sulfide) groups is 1. The van der Waals surface area contributed by atoms with Crippen LogP contribution in [0.25, 0.3) is 0 Å². The van der Waals surface area contributed by atoms with Crippen LogP contribution < -0.4 is 10.6 Å². The summed E-state index contributed by atoms with van der Waals surface area (Å²) in [7, 11) is 0. The number of nitrogens with one attached hydrogen (secondary N) is 2. The Kier molecular flexibility index (Phi) is 3.33. The van der Waals surface area contributed by atoms with Gasteiger partial charge < -0.3 is 5.32 Å². The van der Waals surface area contributed by atoms with Crippen molar-refractivity contribution in [1.29, 1.82) is 0 Å². The number of hydrogen-bond donors (Lipinski definition) is 2. The first-order valence-corrected chi connectivity index (χ1v) is 6.14. The third-order valence-corrected chi connectivity index (χ3v) is 3.48. The van der Waals surface area contributed by atoms with Crippen molar-refractivity contribution in [3.05, 3.63) is 11.1 Å². The molecule has 1 amide bonds. The number of aromatic nitrogens is 2. The van der Waals surface area contributed by atoms with Gasteiger partial charge in [-0.05, 0) is 11.5 Å². The van der Waals surface area contributed by atoms with Crippen molar-refractivity contribution >= 4 is 29.2 Å². The molecule has 1 aromatic heterocycles. The van der Waals surface area contributed by atoms with Crippen LogP contribution in [0.4, 0.5) is 0 Å². The molecule has 1 aromatic rings. The minimum Gasteiger partial charge on any atom is -0.350 e. The van der Waals surface area contributed by atoms with E-state index in [1.807, 2.05) is 0 Å². The maximum Gasteiger partial charge on any atom is 0.238 e. The first-order chi connectivity index (χ1) is 6.86. The van der Waals surface area contributed by atoms with Crippen molar-refractivity contribution < 1.29 is 4.79 Å². The number of hydrogen-bond acceptors (Lipinski definition) is 6. The molecule has 0 spiro atoms. The molecule has 0 aromatic carbocycles. The van der Waals surface area contributed by atoms with E-state index < -0.39 is 0 Å². The molecule has 5 nitrogen and oxygen atoms in total. The number of amides is 1. The van der Waals surface area contributed by atoms with E-state index in [-0.39, 0.29) is 11.9 Å². The molecule has 2 N–H and O–H groups in total. The zero-order valence-corrected chi connectivity index (χ0v) is 9.03. The van der Waals surface area contributed by atoms with Gasteiger partial charge in [0.1, 0.15) is 0 Å². The van der Waals surface area contributed by atoms with Gasteiger partial charge in [0.15, 0.2) is 0 Å². The predicted octanol–water partition coefficient (Wildman–Crippen LogP) is -0.183. The summed E-state index contributed by atoms with van der Waals surface area (Å²) in [5, 5.41) is 9.65. The van der Waals surface area contributed by atoms with Crippen LogP contribution in [0.1, 0.15) is 4.88 Å². The van der Waals surface area contributed by atoms with Crippen molar-refractivity contribution in [3.8, 4) is 0 Å². The summed E-state index contributed by atoms with van der Waals surface area (Å²) in [5.41, 5.74) is 0. The van der Waals surface area contributed by atoms with Gasteiger partial charge in [-0.1, -0.05) is 4.49 Å². The lowest BCUT2D eigenvalue weighted by Crippen LogP contribution is -2.41. The molecule has 0 saturated carbocycles. The Morgan fingerprint density at radius 1 is 1.79 bits per heavy atom. The highest BCUT2D eigenvalue weighted by Crippen LogP contribution is 2.09. The molecule has 7 heteroatoms. The SMILES string of the molecule is O=C(NCc1cnns1)C1CSCN1. The van der Waals surface area contributed by atoms with Crippen LogP contribution in [0.2, 0.25) is 0 Å².